The van der Waals surface area contributed by atoms with Crippen LogP contribution in [0.4, 0.5) is 0 Å². The normalized spacial score (nSPS) is 12.2. The molecule has 0 fully saturated rings. The Kier molecular flexibility index (Phi) is 4.86. The number of hydrogen-bond donors (Lipinski definition) is 1. The van der Waals surface area contributed by atoms with Crippen LogP contribution in [0.5, 0.6) is 11.5 Å². The first kappa shape index (κ1) is 14.4. The Morgan fingerprint density at radius 3 is 2.47 bits per heavy atom. The van der Waals surface area contributed by atoms with Gasteiger partial charge in [-0.3, -0.25) is 0 Å². The maximum atomic E-state index is 9.72. The lowest BCUT2D eigenvalue weighted by atomic mass is 10.1. The van der Waals surface area contributed by atoms with Crippen molar-refractivity contribution in [1.29, 1.82) is 0 Å². The summed E-state index contributed by atoms with van der Waals surface area (Å²) in [5.41, 5.74) is 0.886. The van der Waals surface area contributed by atoms with E-state index >= 15 is 0 Å². The minimum Gasteiger partial charge on any atom is -0.456 e. The molecule has 2 nitrogen and oxygen atoms in total. The Balaban J connectivity index is 2.15. The Bertz CT molecular complexity index is 555. The van der Waals surface area contributed by atoms with Crippen molar-refractivity contribution in [2.75, 3.05) is 0 Å². The van der Waals surface area contributed by atoms with Gasteiger partial charge in [0.15, 0.2) is 0 Å². The number of aliphatic hydroxyl groups excluding tert-OH is 1. The molecule has 0 bridgehead atoms. The lowest BCUT2D eigenvalue weighted by Crippen LogP contribution is -1.94. The fourth-order valence-corrected chi connectivity index (χ4v) is 2.39. The second kappa shape index (κ2) is 6.42. The first-order valence-electron chi connectivity index (χ1n) is 6.01. The molecule has 1 atom stereocenters. The van der Waals surface area contributed by atoms with Crippen LogP contribution >= 0.6 is 27.5 Å². The van der Waals surface area contributed by atoms with Gasteiger partial charge in [-0.2, -0.15) is 0 Å². The van der Waals surface area contributed by atoms with E-state index in [0.717, 1.165) is 10.0 Å². The van der Waals surface area contributed by atoms with Crippen molar-refractivity contribution in [3.8, 4) is 11.5 Å². The molecule has 2 rings (SSSR count). The van der Waals surface area contributed by atoms with Gasteiger partial charge in [-0.05, 0) is 42.3 Å². The number of hydrogen-bond acceptors (Lipinski definition) is 2. The SMILES string of the molecule is CCC(O)c1ccc(Oc2ccc(Br)cc2Cl)cc1. The molecule has 0 radical (unpaired) electrons. The molecule has 0 aliphatic rings. The van der Waals surface area contributed by atoms with Crippen molar-refractivity contribution < 1.29 is 9.84 Å². The Morgan fingerprint density at radius 1 is 1.21 bits per heavy atom. The van der Waals surface area contributed by atoms with Crippen LogP contribution in [0.2, 0.25) is 5.02 Å². The third-order valence-electron chi connectivity index (χ3n) is 2.77. The van der Waals surface area contributed by atoms with E-state index in [1.54, 1.807) is 12.1 Å². The van der Waals surface area contributed by atoms with Gasteiger partial charge in [0, 0.05) is 4.47 Å². The highest BCUT2D eigenvalue weighted by Gasteiger charge is 2.06. The summed E-state index contributed by atoms with van der Waals surface area (Å²) in [6, 6.07) is 12.8. The van der Waals surface area contributed by atoms with Crippen molar-refractivity contribution in [2.24, 2.45) is 0 Å². The number of benzene rings is 2. The van der Waals surface area contributed by atoms with Crippen molar-refractivity contribution in [3.63, 3.8) is 0 Å². The van der Waals surface area contributed by atoms with Crippen LogP contribution in [-0.4, -0.2) is 5.11 Å². The molecule has 2 aromatic rings. The minimum absolute atomic E-state index is 0.426. The van der Waals surface area contributed by atoms with E-state index in [0.29, 0.717) is 22.9 Å². The quantitative estimate of drug-likeness (QED) is 0.813. The van der Waals surface area contributed by atoms with Crippen LogP contribution in [-0.2, 0) is 0 Å². The molecule has 0 aromatic heterocycles. The lowest BCUT2D eigenvalue weighted by molar-refractivity contribution is 0.173. The molecule has 2 aromatic carbocycles. The summed E-state index contributed by atoms with van der Waals surface area (Å²) in [6.45, 7) is 1.94. The van der Waals surface area contributed by atoms with E-state index < -0.39 is 6.10 Å². The van der Waals surface area contributed by atoms with E-state index in [1.165, 1.54) is 0 Å². The third kappa shape index (κ3) is 3.72. The van der Waals surface area contributed by atoms with Gasteiger partial charge in [0.05, 0.1) is 11.1 Å². The van der Waals surface area contributed by atoms with Gasteiger partial charge in [0.1, 0.15) is 11.5 Å². The maximum absolute atomic E-state index is 9.72. The van der Waals surface area contributed by atoms with Gasteiger partial charge < -0.3 is 9.84 Å². The molecule has 0 saturated heterocycles. The summed E-state index contributed by atoms with van der Waals surface area (Å²) in [6.07, 6.45) is 0.268. The zero-order chi connectivity index (χ0) is 13.8. The van der Waals surface area contributed by atoms with Crippen LogP contribution in [0, 0.1) is 0 Å². The summed E-state index contributed by atoms with van der Waals surface area (Å²) in [5, 5.41) is 10.3. The molecule has 0 spiro atoms. The van der Waals surface area contributed by atoms with Gasteiger partial charge >= 0.3 is 0 Å². The highest BCUT2D eigenvalue weighted by atomic mass is 79.9. The first-order valence-corrected chi connectivity index (χ1v) is 7.18. The van der Waals surface area contributed by atoms with Gasteiger partial charge in [0.2, 0.25) is 0 Å². The zero-order valence-corrected chi connectivity index (χ0v) is 12.8. The van der Waals surface area contributed by atoms with Crippen LogP contribution in [0.3, 0.4) is 0 Å². The molecule has 0 aliphatic carbocycles. The fourth-order valence-electron chi connectivity index (χ4n) is 1.68. The largest absolute Gasteiger partial charge is 0.456 e. The predicted octanol–water partition coefficient (Wildman–Crippen LogP) is 5.34. The van der Waals surface area contributed by atoms with E-state index in [-0.39, 0.29) is 0 Å². The van der Waals surface area contributed by atoms with Gasteiger partial charge in [-0.25, -0.2) is 0 Å². The Hall–Kier alpha value is -1.03. The van der Waals surface area contributed by atoms with Crippen LogP contribution in [0.15, 0.2) is 46.9 Å². The van der Waals surface area contributed by atoms with E-state index in [2.05, 4.69) is 15.9 Å². The number of halogens is 2. The molecular weight excluding hydrogens is 328 g/mol. The topological polar surface area (TPSA) is 29.5 Å². The van der Waals surface area contributed by atoms with Gasteiger partial charge in [-0.1, -0.05) is 46.6 Å². The molecule has 0 amide bonds. The van der Waals surface area contributed by atoms with Crippen LogP contribution in [0.25, 0.3) is 0 Å². The smallest absolute Gasteiger partial charge is 0.146 e. The molecule has 0 heterocycles. The van der Waals surface area contributed by atoms with E-state index in [1.807, 2.05) is 37.3 Å². The van der Waals surface area contributed by atoms with E-state index in [9.17, 15) is 5.11 Å². The van der Waals surface area contributed by atoms with Crippen molar-refractivity contribution in [1.82, 2.24) is 0 Å². The number of aliphatic hydroxyl groups is 1. The van der Waals surface area contributed by atoms with Crippen molar-refractivity contribution >= 4 is 27.5 Å². The van der Waals surface area contributed by atoms with Crippen molar-refractivity contribution in [3.05, 3.63) is 57.5 Å². The second-order valence-corrected chi connectivity index (χ2v) is 5.49. The first-order chi connectivity index (χ1) is 9.10. The highest BCUT2D eigenvalue weighted by Crippen LogP contribution is 2.32. The van der Waals surface area contributed by atoms with E-state index in [4.69, 9.17) is 16.3 Å². The average molecular weight is 342 g/mol. The van der Waals surface area contributed by atoms with Crippen molar-refractivity contribution in [2.45, 2.75) is 19.4 Å². The monoisotopic (exact) mass is 340 g/mol. The standard InChI is InChI=1S/C15H14BrClO2/c1-2-14(18)10-3-6-12(7-4-10)19-15-8-5-11(16)9-13(15)17/h3-9,14,18H,2H2,1H3. The predicted molar refractivity (Wildman–Crippen MR) is 80.9 cm³/mol. The summed E-state index contributed by atoms with van der Waals surface area (Å²) in [7, 11) is 0. The van der Waals surface area contributed by atoms with Gasteiger partial charge in [-0.15, -0.1) is 0 Å². The van der Waals surface area contributed by atoms with Crippen LogP contribution < -0.4 is 4.74 Å². The molecule has 1 unspecified atom stereocenters. The maximum Gasteiger partial charge on any atom is 0.146 e. The molecule has 0 saturated carbocycles. The van der Waals surface area contributed by atoms with Crippen LogP contribution in [0.1, 0.15) is 25.0 Å². The number of ether oxygens (including phenoxy) is 1. The molecule has 100 valence electrons. The summed E-state index contributed by atoms with van der Waals surface area (Å²) >= 11 is 9.44. The van der Waals surface area contributed by atoms with Gasteiger partial charge in [0.25, 0.3) is 0 Å². The summed E-state index contributed by atoms with van der Waals surface area (Å²) in [5.74, 6) is 1.30. The Morgan fingerprint density at radius 2 is 1.89 bits per heavy atom. The summed E-state index contributed by atoms with van der Waals surface area (Å²) < 4.78 is 6.61. The molecule has 0 aliphatic heterocycles. The Labute approximate surface area is 126 Å². The average Bonchev–Trinajstić information content (AvgIpc) is 2.42. The molecule has 19 heavy (non-hydrogen) atoms. The number of rotatable bonds is 4. The second-order valence-electron chi connectivity index (χ2n) is 4.17. The minimum atomic E-state index is -0.426. The highest BCUT2D eigenvalue weighted by molar-refractivity contribution is 9.10. The molecule has 4 heteroatoms. The fraction of sp³-hybridized carbons (Fsp3) is 0.200. The lowest BCUT2D eigenvalue weighted by Gasteiger charge is -2.11. The molecule has 1 N–H and O–H groups in total. The molecular formula is C15H14BrClO2. The third-order valence-corrected chi connectivity index (χ3v) is 3.56. The summed E-state index contributed by atoms with van der Waals surface area (Å²) in [4.78, 5) is 0. The zero-order valence-electron chi connectivity index (χ0n) is 10.4.